The number of rotatable bonds is 12. The fourth-order valence-corrected chi connectivity index (χ4v) is 3.43. The molecule has 1 aliphatic heterocycles. The van der Waals surface area contributed by atoms with Crippen molar-refractivity contribution in [3.05, 3.63) is 0 Å². The van der Waals surface area contributed by atoms with Crippen molar-refractivity contribution in [2.75, 3.05) is 26.7 Å². The fourth-order valence-electron chi connectivity index (χ4n) is 3.43. The molecule has 0 aliphatic carbocycles. The van der Waals surface area contributed by atoms with Crippen LogP contribution >= 0.6 is 0 Å². The smallest absolute Gasteiger partial charge is 0.138 e. The van der Waals surface area contributed by atoms with Gasteiger partial charge in [-0.15, -0.1) is 0 Å². The number of Topliss-reactive ketones (excluding diaryl/α,β-unsaturated/α-hetero) is 1. The lowest BCUT2D eigenvalue weighted by Gasteiger charge is -2.31. The molecule has 0 amide bonds. The minimum atomic E-state index is -0.154. The van der Waals surface area contributed by atoms with Gasteiger partial charge in [-0.05, 0) is 32.2 Å². The van der Waals surface area contributed by atoms with Crippen LogP contribution in [0.2, 0.25) is 0 Å². The first-order valence-corrected chi connectivity index (χ1v) is 10.2. The molecule has 0 aromatic heterocycles. The van der Waals surface area contributed by atoms with E-state index in [0.717, 1.165) is 12.8 Å². The van der Waals surface area contributed by atoms with Crippen LogP contribution in [0.3, 0.4) is 0 Å². The number of nitrogens with zero attached hydrogens (tertiary/aromatic N) is 1. The van der Waals surface area contributed by atoms with E-state index in [1.54, 1.807) is 0 Å². The summed E-state index contributed by atoms with van der Waals surface area (Å²) in [6.45, 7) is 9.77. The number of ketones is 1. The van der Waals surface area contributed by atoms with Crippen molar-refractivity contribution in [2.24, 2.45) is 5.41 Å². The Morgan fingerprint density at radius 1 is 0.917 bits per heavy atom. The minimum Gasteiger partial charge on any atom is -0.381 e. The summed E-state index contributed by atoms with van der Waals surface area (Å²) in [6, 6.07) is 0. The summed E-state index contributed by atoms with van der Waals surface area (Å²) in [5.74, 6) is 0.414. The number of hydrogen-bond donors (Lipinski definition) is 0. The highest BCUT2D eigenvalue weighted by atomic mass is 16.5. The second-order valence-corrected chi connectivity index (χ2v) is 8.53. The second-order valence-electron chi connectivity index (χ2n) is 8.53. The zero-order chi connectivity index (χ0) is 17.8. The first-order chi connectivity index (χ1) is 11.4. The van der Waals surface area contributed by atoms with Crippen LogP contribution in [0.1, 0.15) is 91.4 Å². The Labute approximate surface area is 150 Å². The monoisotopic (exact) mass is 339 g/mol. The van der Waals surface area contributed by atoms with Crippen molar-refractivity contribution in [3.8, 4) is 0 Å². The van der Waals surface area contributed by atoms with Gasteiger partial charge in [0.1, 0.15) is 5.78 Å². The lowest BCUT2D eigenvalue weighted by molar-refractivity contribution is -0.126. The SMILES string of the molecule is COC1CCN(CCCCCCCCCCC(=O)C(C)(C)C)CC1. The number of carbonyl (C=O) groups excluding carboxylic acids is 1. The summed E-state index contributed by atoms with van der Waals surface area (Å²) in [5.41, 5.74) is -0.154. The zero-order valence-corrected chi connectivity index (χ0v) is 16.7. The summed E-state index contributed by atoms with van der Waals surface area (Å²) in [6.07, 6.45) is 14.0. The standard InChI is InChI=1S/C21H41NO2/c1-21(2,3)20(23)13-11-9-7-5-6-8-10-12-16-22-17-14-19(24-4)15-18-22/h19H,5-18H2,1-4H3. The first-order valence-electron chi connectivity index (χ1n) is 10.2. The summed E-state index contributed by atoms with van der Waals surface area (Å²) >= 11 is 0. The third-order valence-corrected chi connectivity index (χ3v) is 5.33. The van der Waals surface area contributed by atoms with E-state index in [1.807, 2.05) is 27.9 Å². The molecule has 3 heteroatoms. The molecule has 0 radical (unpaired) electrons. The van der Waals surface area contributed by atoms with Gasteiger partial charge in [-0.1, -0.05) is 59.3 Å². The van der Waals surface area contributed by atoms with E-state index in [4.69, 9.17) is 4.74 Å². The predicted octanol–water partition coefficient (Wildman–Crippen LogP) is 5.22. The Morgan fingerprint density at radius 2 is 1.42 bits per heavy atom. The molecule has 0 aromatic rings. The average molecular weight is 340 g/mol. The fraction of sp³-hybridized carbons (Fsp3) is 0.952. The van der Waals surface area contributed by atoms with Gasteiger partial charge in [0.05, 0.1) is 6.10 Å². The molecule has 0 spiro atoms. The largest absolute Gasteiger partial charge is 0.381 e. The van der Waals surface area contributed by atoms with Gasteiger partial charge in [0.2, 0.25) is 0 Å². The highest BCUT2D eigenvalue weighted by Gasteiger charge is 2.20. The molecule has 0 N–H and O–H groups in total. The third kappa shape index (κ3) is 9.78. The molecular weight excluding hydrogens is 298 g/mol. The molecule has 1 saturated heterocycles. The molecule has 142 valence electrons. The van der Waals surface area contributed by atoms with Gasteiger partial charge in [-0.3, -0.25) is 4.79 Å². The van der Waals surface area contributed by atoms with Gasteiger partial charge in [0, 0.05) is 32.0 Å². The van der Waals surface area contributed by atoms with Crippen molar-refractivity contribution in [1.82, 2.24) is 4.90 Å². The van der Waals surface area contributed by atoms with E-state index in [2.05, 4.69) is 4.90 Å². The maximum atomic E-state index is 11.8. The van der Waals surface area contributed by atoms with E-state index in [9.17, 15) is 4.79 Å². The Bertz CT molecular complexity index is 327. The van der Waals surface area contributed by atoms with E-state index in [0.29, 0.717) is 11.9 Å². The normalized spacial score (nSPS) is 17.3. The van der Waals surface area contributed by atoms with Crippen molar-refractivity contribution in [2.45, 2.75) is 97.5 Å². The number of piperidine rings is 1. The van der Waals surface area contributed by atoms with Crippen LogP contribution in [0, 0.1) is 5.41 Å². The van der Waals surface area contributed by atoms with Crippen molar-refractivity contribution in [1.29, 1.82) is 0 Å². The molecule has 0 saturated carbocycles. The predicted molar refractivity (Wildman–Crippen MR) is 102 cm³/mol. The second kappa shape index (κ2) is 12.0. The number of hydrogen-bond acceptors (Lipinski definition) is 3. The molecule has 1 rings (SSSR count). The van der Waals surface area contributed by atoms with Gasteiger partial charge in [-0.25, -0.2) is 0 Å². The maximum absolute atomic E-state index is 11.8. The molecular formula is C21H41NO2. The van der Waals surface area contributed by atoms with Crippen LogP contribution in [0.4, 0.5) is 0 Å². The van der Waals surface area contributed by atoms with Gasteiger partial charge >= 0.3 is 0 Å². The van der Waals surface area contributed by atoms with Gasteiger partial charge in [0.15, 0.2) is 0 Å². The summed E-state index contributed by atoms with van der Waals surface area (Å²) in [4.78, 5) is 14.4. The van der Waals surface area contributed by atoms with Crippen molar-refractivity contribution in [3.63, 3.8) is 0 Å². The van der Waals surface area contributed by atoms with Crippen LogP contribution in [0.15, 0.2) is 0 Å². The van der Waals surface area contributed by atoms with Gasteiger partial charge < -0.3 is 9.64 Å². The molecule has 0 bridgehead atoms. The Hall–Kier alpha value is -0.410. The van der Waals surface area contributed by atoms with E-state index < -0.39 is 0 Å². The van der Waals surface area contributed by atoms with Gasteiger partial charge in [0.25, 0.3) is 0 Å². The summed E-state index contributed by atoms with van der Waals surface area (Å²) < 4.78 is 5.42. The highest BCUT2D eigenvalue weighted by Crippen LogP contribution is 2.19. The lowest BCUT2D eigenvalue weighted by Crippen LogP contribution is -2.37. The quantitative estimate of drug-likeness (QED) is 0.456. The molecule has 24 heavy (non-hydrogen) atoms. The number of methoxy groups -OCH3 is 1. The minimum absolute atomic E-state index is 0.154. The topological polar surface area (TPSA) is 29.5 Å². The van der Waals surface area contributed by atoms with Crippen molar-refractivity contribution >= 4 is 5.78 Å². The van der Waals surface area contributed by atoms with Crippen LogP contribution in [-0.4, -0.2) is 43.5 Å². The van der Waals surface area contributed by atoms with E-state index in [1.165, 1.54) is 77.4 Å². The molecule has 1 fully saturated rings. The zero-order valence-electron chi connectivity index (χ0n) is 16.7. The molecule has 0 unspecified atom stereocenters. The Morgan fingerprint density at radius 3 is 1.92 bits per heavy atom. The Kier molecular flexibility index (Phi) is 10.8. The average Bonchev–Trinajstić information content (AvgIpc) is 2.56. The van der Waals surface area contributed by atoms with Gasteiger partial charge in [-0.2, -0.15) is 0 Å². The summed E-state index contributed by atoms with van der Waals surface area (Å²) in [7, 11) is 1.84. The summed E-state index contributed by atoms with van der Waals surface area (Å²) in [5, 5.41) is 0. The number of unbranched alkanes of at least 4 members (excludes halogenated alkanes) is 7. The van der Waals surface area contributed by atoms with E-state index in [-0.39, 0.29) is 5.41 Å². The Balaban J connectivity index is 1.83. The molecule has 3 nitrogen and oxygen atoms in total. The third-order valence-electron chi connectivity index (χ3n) is 5.33. The maximum Gasteiger partial charge on any atom is 0.138 e. The molecule has 0 atom stereocenters. The number of ether oxygens (including phenoxy) is 1. The lowest BCUT2D eigenvalue weighted by atomic mass is 9.88. The highest BCUT2D eigenvalue weighted by molar-refractivity contribution is 5.83. The van der Waals surface area contributed by atoms with Crippen LogP contribution in [0.5, 0.6) is 0 Å². The van der Waals surface area contributed by atoms with Crippen LogP contribution in [0.25, 0.3) is 0 Å². The van der Waals surface area contributed by atoms with Crippen LogP contribution in [-0.2, 0) is 9.53 Å². The first kappa shape index (κ1) is 21.6. The van der Waals surface area contributed by atoms with Crippen molar-refractivity contribution < 1.29 is 9.53 Å². The van der Waals surface area contributed by atoms with Crippen LogP contribution < -0.4 is 0 Å². The molecule has 1 aliphatic rings. The molecule has 0 aromatic carbocycles. The number of likely N-dealkylation sites (tertiary alicyclic amines) is 1. The molecule has 1 heterocycles. The van der Waals surface area contributed by atoms with E-state index >= 15 is 0 Å². The number of carbonyl (C=O) groups is 1.